The second kappa shape index (κ2) is 5.89. The lowest BCUT2D eigenvalue weighted by Gasteiger charge is -2.14. The summed E-state index contributed by atoms with van der Waals surface area (Å²) in [7, 11) is 1.60. The summed E-state index contributed by atoms with van der Waals surface area (Å²) < 4.78 is 7.04. The Hall–Kier alpha value is -1.81. The number of hydrogen-bond acceptors (Lipinski definition) is 3. The van der Waals surface area contributed by atoms with Crippen molar-refractivity contribution < 1.29 is 9.84 Å². The molecule has 0 bridgehead atoms. The smallest absolute Gasteiger partial charge is 0.162 e. The molecule has 1 heterocycles. The lowest BCUT2D eigenvalue weighted by atomic mass is 10.0. The summed E-state index contributed by atoms with van der Waals surface area (Å²) in [4.78, 5) is 0. The minimum absolute atomic E-state index is 0.559. The Balaban J connectivity index is 2.24. The minimum Gasteiger partial charge on any atom is -0.493 e. The van der Waals surface area contributed by atoms with E-state index in [1.165, 1.54) is 5.56 Å². The van der Waals surface area contributed by atoms with Crippen LogP contribution in [-0.4, -0.2) is 22.0 Å². The van der Waals surface area contributed by atoms with Crippen molar-refractivity contribution >= 4 is 0 Å². The number of aliphatic hydroxyl groups is 1. The highest BCUT2D eigenvalue weighted by atomic mass is 16.5. The van der Waals surface area contributed by atoms with Gasteiger partial charge in [-0.05, 0) is 19.4 Å². The van der Waals surface area contributed by atoms with Crippen molar-refractivity contribution in [3.8, 4) is 5.75 Å². The van der Waals surface area contributed by atoms with Crippen LogP contribution < -0.4 is 4.74 Å². The van der Waals surface area contributed by atoms with Crippen molar-refractivity contribution in [2.75, 3.05) is 7.11 Å². The lowest BCUT2D eigenvalue weighted by Crippen LogP contribution is -2.11. The number of benzene rings is 1. The molecule has 0 aliphatic heterocycles. The van der Waals surface area contributed by atoms with E-state index >= 15 is 0 Å². The van der Waals surface area contributed by atoms with E-state index in [1.807, 2.05) is 32.0 Å². The number of aromatic nitrogens is 2. The molecule has 2 rings (SSSR count). The second-order valence-electron chi connectivity index (χ2n) is 4.62. The molecular formula is C15H20N2O2. The topological polar surface area (TPSA) is 47.3 Å². The largest absolute Gasteiger partial charge is 0.493 e. The van der Waals surface area contributed by atoms with Gasteiger partial charge in [-0.1, -0.05) is 29.8 Å². The van der Waals surface area contributed by atoms with E-state index in [4.69, 9.17) is 4.74 Å². The first-order chi connectivity index (χ1) is 9.15. The average Bonchev–Trinajstić information content (AvgIpc) is 2.81. The highest BCUT2D eigenvalue weighted by Crippen LogP contribution is 2.27. The third-order valence-electron chi connectivity index (χ3n) is 3.19. The van der Waals surface area contributed by atoms with Crippen molar-refractivity contribution in [2.45, 2.75) is 32.9 Å². The summed E-state index contributed by atoms with van der Waals surface area (Å²) in [5.74, 6) is 0.641. The Labute approximate surface area is 113 Å². The number of nitrogens with zero attached hydrogens (tertiary/aromatic N) is 2. The Morgan fingerprint density at radius 3 is 2.84 bits per heavy atom. The number of rotatable bonds is 5. The minimum atomic E-state index is -0.612. The zero-order valence-electron chi connectivity index (χ0n) is 11.6. The van der Waals surface area contributed by atoms with Crippen molar-refractivity contribution in [3.63, 3.8) is 0 Å². The van der Waals surface area contributed by atoms with Gasteiger partial charge in [0.15, 0.2) is 5.75 Å². The van der Waals surface area contributed by atoms with Gasteiger partial charge in [0.2, 0.25) is 0 Å². The van der Waals surface area contributed by atoms with E-state index < -0.39 is 6.10 Å². The summed E-state index contributed by atoms with van der Waals surface area (Å²) in [5.41, 5.74) is 3.05. The molecule has 4 heteroatoms. The van der Waals surface area contributed by atoms with Gasteiger partial charge < -0.3 is 9.84 Å². The quantitative estimate of drug-likeness (QED) is 0.898. The van der Waals surface area contributed by atoms with Gasteiger partial charge in [-0.2, -0.15) is 5.10 Å². The number of aliphatic hydroxyl groups excluding tert-OH is 1. The lowest BCUT2D eigenvalue weighted by molar-refractivity contribution is 0.162. The van der Waals surface area contributed by atoms with E-state index in [1.54, 1.807) is 18.0 Å². The van der Waals surface area contributed by atoms with Gasteiger partial charge in [-0.25, -0.2) is 0 Å². The summed E-state index contributed by atoms with van der Waals surface area (Å²) in [6, 6.07) is 8.16. The first kappa shape index (κ1) is 13.6. The molecular weight excluding hydrogens is 240 g/mol. The molecule has 4 nitrogen and oxygen atoms in total. The van der Waals surface area contributed by atoms with Gasteiger partial charge >= 0.3 is 0 Å². The van der Waals surface area contributed by atoms with Crippen molar-refractivity contribution in [1.82, 2.24) is 9.78 Å². The number of hydrogen-bond donors (Lipinski definition) is 1. The summed E-state index contributed by atoms with van der Waals surface area (Å²) in [6.07, 6.45) is 1.60. The third kappa shape index (κ3) is 2.96. The molecule has 0 fully saturated rings. The molecule has 1 unspecified atom stereocenters. The van der Waals surface area contributed by atoms with E-state index in [0.29, 0.717) is 18.7 Å². The molecule has 1 N–H and O–H groups in total. The van der Waals surface area contributed by atoms with Crippen LogP contribution >= 0.6 is 0 Å². The molecule has 102 valence electrons. The molecule has 0 spiro atoms. The van der Waals surface area contributed by atoms with Gasteiger partial charge in [0.1, 0.15) is 11.8 Å². The monoisotopic (exact) mass is 260 g/mol. The molecule has 0 aliphatic rings. The fourth-order valence-corrected chi connectivity index (χ4v) is 2.28. The van der Waals surface area contributed by atoms with Crippen LogP contribution in [0.3, 0.4) is 0 Å². The maximum absolute atomic E-state index is 10.4. The molecule has 19 heavy (non-hydrogen) atoms. The molecule has 2 aromatic rings. The maximum atomic E-state index is 10.4. The zero-order chi connectivity index (χ0) is 13.8. The molecule has 0 aliphatic carbocycles. The SMILES string of the molecule is CCn1ncc(OC)c1C(O)Cc1cccc(C)c1. The van der Waals surface area contributed by atoms with Crippen LogP contribution in [-0.2, 0) is 13.0 Å². The van der Waals surface area contributed by atoms with Crippen LogP contribution in [0.2, 0.25) is 0 Å². The van der Waals surface area contributed by atoms with Crippen LogP contribution in [0.15, 0.2) is 30.5 Å². The van der Waals surface area contributed by atoms with Crippen molar-refractivity contribution in [3.05, 3.63) is 47.3 Å². The van der Waals surface area contributed by atoms with Gasteiger partial charge in [0.25, 0.3) is 0 Å². The van der Waals surface area contributed by atoms with Crippen LogP contribution in [0.4, 0.5) is 0 Å². The Morgan fingerprint density at radius 2 is 2.21 bits per heavy atom. The summed E-state index contributed by atoms with van der Waals surface area (Å²) in [5, 5.41) is 14.7. The van der Waals surface area contributed by atoms with Crippen LogP contribution in [0.1, 0.15) is 29.8 Å². The van der Waals surface area contributed by atoms with Gasteiger partial charge in [0.05, 0.1) is 13.3 Å². The number of methoxy groups -OCH3 is 1. The molecule has 0 saturated carbocycles. The van der Waals surface area contributed by atoms with Gasteiger partial charge in [-0.3, -0.25) is 4.68 Å². The highest BCUT2D eigenvalue weighted by Gasteiger charge is 2.19. The molecule has 1 atom stereocenters. The van der Waals surface area contributed by atoms with E-state index in [9.17, 15) is 5.11 Å². The number of aryl methyl sites for hydroxylation is 2. The fourth-order valence-electron chi connectivity index (χ4n) is 2.28. The predicted molar refractivity (Wildman–Crippen MR) is 74.3 cm³/mol. The Kier molecular flexibility index (Phi) is 4.22. The summed E-state index contributed by atoms with van der Waals surface area (Å²) in [6.45, 7) is 4.76. The standard InChI is InChI=1S/C15H20N2O2/c1-4-17-15(14(19-3)10-16-17)13(18)9-12-7-5-6-11(2)8-12/h5-8,10,13,18H,4,9H2,1-3H3. The molecule has 0 saturated heterocycles. The normalized spacial score (nSPS) is 12.4. The first-order valence-electron chi connectivity index (χ1n) is 6.49. The Bertz CT molecular complexity index is 527. The van der Waals surface area contributed by atoms with E-state index in [0.717, 1.165) is 11.3 Å². The van der Waals surface area contributed by atoms with Crippen molar-refractivity contribution in [2.24, 2.45) is 0 Å². The number of ether oxygens (including phenoxy) is 1. The van der Waals surface area contributed by atoms with Crippen LogP contribution in [0, 0.1) is 6.92 Å². The molecule has 1 aromatic heterocycles. The van der Waals surface area contributed by atoms with Gasteiger partial charge in [-0.15, -0.1) is 0 Å². The predicted octanol–water partition coefficient (Wildman–Crippen LogP) is 2.50. The van der Waals surface area contributed by atoms with Crippen LogP contribution in [0.5, 0.6) is 5.75 Å². The van der Waals surface area contributed by atoms with Crippen molar-refractivity contribution in [1.29, 1.82) is 0 Å². The zero-order valence-corrected chi connectivity index (χ0v) is 11.6. The first-order valence-corrected chi connectivity index (χ1v) is 6.49. The Morgan fingerprint density at radius 1 is 1.42 bits per heavy atom. The van der Waals surface area contributed by atoms with Gasteiger partial charge in [0, 0.05) is 13.0 Å². The third-order valence-corrected chi connectivity index (χ3v) is 3.19. The van der Waals surface area contributed by atoms with Crippen LogP contribution in [0.25, 0.3) is 0 Å². The van der Waals surface area contributed by atoms with E-state index in [-0.39, 0.29) is 0 Å². The molecule has 0 amide bonds. The molecule has 1 aromatic carbocycles. The second-order valence-corrected chi connectivity index (χ2v) is 4.62. The average molecular weight is 260 g/mol. The molecule has 0 radical (unpaired) electrons. The van der Waals surface area contributed by atoms with E-state index in [2.05, 4.69) is 11.2 Å². The maximum Gasteiger partial charge on any atom is 0.162 e. The fraction of sp³-hybridized carbons (Fsp3) is 0.400. The summed E-state index contributed by atoms with van der Waals surface area (Å²) >= 11 is 0. The highest BCUT2D eigenvalue weighted by molar-refractivity contribution is 5.30.